The molecule has 8 nitrogen and oxygen atoms in total. The number of benzene rings is 2. The van der Waals surface area contributed by atoms with Gasteiger partial charge in [-0.1, -0.05) is 36.4 Å². The quantitative estimate of drug-likeness (QED) is 0.759. The zero-order valence-electron chi connectivity index (χ0n) is 16.0. The average Bonchev–Trinajstić information content (AvgIpc) is 3.14. The molecule has 1 fully saturated rings. The molecule has 1 atom stereocenters. The van der Waals surface area contributed by atoms with Crippen LogP contribution in [0, 0.1) is 6.92 Å². The summed E-state index contributed by atoms with van der Waals surface area (Å²) in [6, 6.07) is 17.6. The molecule has 1 aliphatic rings. The summed E-state index contributed by atoms with van der Waals surface area (Å²) in [6.07, 6.45) is 0. The zero-order valence-corrected chi connectivity index (χ0v) is 16.0. The lowest BCUT2D eigenvalue weighted by atomic mass is 10.0. The topological polar surface area (TPSA) is 79.2 Å². The Kier molecular flexibility index (Phi) is 5.03. The number of aryl methyl sites for hydroxylation is 1. The van der Waals surface area contributed by atoms with E-state index in [4.69, 9.17) is 0 Å². The summed E-state index contributed by atoms with van der Waals surface area (Å²) in [5.41, 5.74) is 2.66. The highest BCUT2D eigenvalue weighted by atomic mass is 16.2. The Morgan fingerprint density at radius 3 is 2.68 bits per heavy atom. The van der Waals surface area contributed by atoms with E-state index in [1.807, 2.05) is 54.3 Å². The lowest BCUT2D eigenvalue weighted by Crippen LogP contribution is -2.50. The second kappa shape index (κ2) is 7.77. The van der Waals surface area contributed by atoms with Gasteiger partial charge in [0.25, 0.3) is 0 Å². The van der Waals surface area contributed by atoms with Crippen LogP contribution >= 0.6 is 0 Å². The van der Waals surface area contributed by atoms with Gasteiger partial charge in [0.1, 0.15) is 0 Å². The molecular formula is C20H23N7O. The number of carbonyl (C=O) groups excluding carboxylic acids is 1. The van der Waals surface area contributed by atoms with Gasteiger partial charge in [-0.2, -0.15) is 4.68 Å². The molecule has 0 aliphatic carbocycles. The molecule has 1 aromatic heterocycles. The van der Waals surface area contributed by atoms with Crippen molar-refractivity contribution in [2.45, 2.75) is 13.0 Å². The lowest BCUT2D eigenvalue weighted by Gasteiger charge is -2.40. The normalized spacial score (nSPS) is 17.5. The van der Waals surface area contributed by atoms with Gasteiger partial charge in [0.15, 0.2) is 5.82 Å². The largest absolute Gasteiger partial charge is 0.322 e. The maximum Gasteiger partial charge on any atom is 0.322 e. The highest BCUT2D eigenvalue weighted by molar-refractivity contribution is 5.90. The molecule has 1 saturated heterocycles. The van der Waals surface area contributed by atoms with E-state index in [0.29, 0.717) is 18.1 Å². The maximum atomic E-state index is 13.1. The van der Waals surface area contributed by atoms with Gasteiger partial charge in [-0.25, -0.2) is 4.79 Å². The first-order chi connectivity index (χ1) is 13.6. The Balaban J connectivity index is 1.55. The minimum Gasteiger partial charge on any atom is -0.315 e. The predicted molar refractivity (Wildman–Crippen MR) is 106 cm³/mol. The smallest absolute Gasteiger partial charge is 0.315 e. The second-order valence-electron chi connectivity index (χ2n) is 7.00. The van der Waals surface area contributed by atoms with Crippen molar-refractivity contribution >= 4 is 11.7 Å². The van der Waals surface area contributed by atoms with E-state index in [1.165, 1.54) is 0 Å². The van der Waals surface area contributed by atoms with E-state index in [-0.39, 0.29) is 12.1 Å². The van der Waals surface area contributed by atoms with E-state index < -0.39 is 0 Å². The highest BCUT2D eigenvalue weighted by Gasteiger charge is 2.30. The van der Waals surface area contributed by atoms with Crippen molar-refractivity contribution in [3.8, 4) is 5.69 Å². The number of urea groups is 1. The van der Waals surface area contributed by atoms with Crippen molar-refractivity contribution < 1.29 is 4.79 Å². The molecule has 2 amide bonds. The first kappa shape index (κ1) is 18.1. The number of nitrogens with one attached hydrogen (secondary N) is 1. The van der Waals surface area contributed by atoms with Gasteiger partial charge >= 0.3 is 6.03 Å². The molecule has 28 heavy (non-hydrogen) atoms. The predicted octanol–water partition coefficient (Wildman–Crippen LogP) is 2.49. The van der Waals surface area contributed by atoms with Crippen LogP contribution in [0.15, 0.2) is 54.6 Å². The zero-order chi connectivity index (χ0) is 19.5. The average molecular weight is 377 g/mol. The Labute approximate surface area is 163 Å². The fourth-order valence-electron chi connectivity index (χ4n) is 3.50. The van der Waals surface area contributed by atoms with Crippen molar-refractivity contribution in [1.82, 2.24) is 30.0 Å². The van der Waals surface area contributed by atoms with Crippen molar-refractivity contribution in [1.29, 1.82) is 0 Å². The number of likely N-dealkylation sites (N-methyl/N-ethyl adjacent to an activating group) is 1. The summed E-state index contributed by atoms with van der Waals surface area (Å²) in [5, 5.41) is 14.6. The second-order valence-corrected chi connectivity index (χ2v) is 7.00. The molecule has 0 radical (unpaired) electrons. The van der Waals surface area contributed by atoms with Crippen LogP contribution in [0.25, 0.3) is 5.69 Å². The summed E-state index contributed by atoms with van der Waals surface area (Å²) in [7, 11) is 2.09. The van der Waals surface area contributed by atoms with E-state index in [0.717, 1.165) is 24.3 Å². The number of carbonyl (C=O) groups is 1. The van der Waals surface area contributed by atoms with E-state index in [2.05, 4.69) is 44.9 Å². The van der Waals surface area contributed by atoms with Crippen LogP contribution in [-0.2, 0) is 0 Å². The van der Waals surface area contributed by atoms with Gasteiger partial charge in [-0.05, 0) is 48.2 Å². The molecule has 1 N–H and O–H groups in total. The molecule has 0 spiro atoms. The monoisotopic (exact) mass is 377 g/mol. The number of nitrogens with zero attached hydrogens (tertiary/aromatic N) is 6. The molecule has 0 unspecified atom stereocenters. The molecule has 3 aromatic rings. The minimum atomic E-state index is -0.104. The third-order valence-electron chi connectivity index (χ3n) is 5.00. The molecule has 2 heterocycles. The van der Waals surface area contributed by atoms with Crippen LogP contribution in [0.1, 0.15) is 17.4 Å². The van der Waals surface area contributed by atoms with Gasteiger partial charge in [-0.15, -0.1) is 5.10 Å². The SMILES string of the molecule is Cc1nnnn1-c1cccc(NC(=O)N2CCN(C)C[C@@H]2c2ccccc2)c1. The lowest BCUT2D eigenvalue weighted by molar-refractivity contribution is 0.117. The van der Waals surface area contributed by atoms with Gasteiger partial charge in [0.05, 0.1) is 11.7 Å². The van der Waals surface area contributed by atoms with Crippen LogP contribution in [0.4, 0.5) is 10.5 Å². The number of hydrogen-bond acceptors (Lipinski definition) is 5. The van der Waals surface area contributed by atoms with Gasteiger partial charge in [0.2, 0.25) is 0 Å². The number of amides is 2. The van der Waals surface area contributed by atoms with Crippen LogP contribution < -0.4 is 5.32 Å². The summed E-state index contributed by atoms with van der Waals surface area (Å²) in [4.78, 5) is 17.2. The Morgan fingerprint density at radius 1 is 1.11 bits per heavy atom. The summed E-state index contributed by atoms with van der Waals surface area (Å²) in [5.74, 6) is 0.687. The third-order valence-corrected chi connectivity index (χ3v) is 5.00. The minimum absolute atomic E-state index is 0.0184. The molecule has 2 aromatic carbocycles. The maximum absolute atomic E-state index is 13.1. The summed E-state index contributed by atoms with van der Waals surface area (Å²) < 4.78 is 1.64. The standard InChI is InChI=1S/C20H23N7O/c1-15-22-23-24-27(15)18-10-6-9-17(13-18)21-20(28)26-12-11-25(2)14-19(26)16-7-4-3-5-8-16/h3-10,13,19H,11-12,14H2,1-2H3,(H,21,28)/t19-/m1/s1. The van der Waals surface area contributed by atoms with Gasteiger partial charge < -0.3 is 15.1 Å². The number of piperazine rings is 1. The highest BCUT2D eigenvalue weighted by Crippen LogP contribution is 2.26. The number of anilines is 1. The summed E-state index contributed by atoms with van der Waals surface area (Å²) >= 11 is 0. The molecule has 4 rings (SSSR count). The number of hydrogen-bond donors (Lipinski definition) is 1. The van der Waals surface area contributed by atoms with Crippen LogP contribution in [0.5, 0.6) is 0 Å². The first-order valence-electron chi connectivity index (χ1n) is 9.28. The van der Waals surface area contributed by atoms with Crippen LogP contribution in [-0.4, -0.2) is 62.7 Å². The fourth-order valence-corrected chi connectivity index (χ4v) is 3.50. The number of aromatic nitrogens is 4. The van der Waals surface area contributed by atoms with E-state index >= 15 is 0 Å². The van der Waals surface area contributed by atoms with Gasteiger partial charge in [0, 0.05) is 25.3 Å². The molecule has 144 valence electrons. The van der Waals surface area contributed by atoms with Crippen LogP contribution in [0.3, 0.4) is 0 Å². The van der Waals surface area contributed by atoms with Crippen molar-refractivity contribution in [3.05, 3.63) is 66.0 Å². The number of tetrazole rings is 1. The van der Waals surface area contributed by atoms with Crippen molar-refractivity contribution in [2.75, 3.05) is 32.0 Å². The third kappa shape index (κ3) is 3.72. The Hall–Kier alpha value is -3.26. The molecule has 8 heteroatoms. The van der Waals surface area contributed by atoms with Crippen LogP contribution in [0.2, 0.25) is 0 Å². The molecule has 0 bridgehead atoms. The van der Waals surface area contributed by atoms with Crippen molar-refractivity contribution in [3.63, 3.8) is 0 Å². The van der Waals surface area contributed by atoms with E-state index in [1.54, 1.807) is 4.68 Å². The fraction of sp³-hybridized carbons (Fsp3) is 0.300. The first-order valence-corrected chi connectivity index (χ1v) is 9.28. The van der Waals surface area contributed by atoms with Gasteiger partial charge in [-0.3, -0.25) is 0 Å². The molecule has 0 saturated carbocycles. The summed E-state index contributed by atoms with van der Waals surface area (Å²) in [6.45, 7) is 4.16. The Morgan fingerprint density at radius 2 is 1.93 bits per heavy atom. The van der Waals surface area contributed by atoms with Crippen molar-refractivity contribution in [2.24, 2.45) is 0 Å². The number of rotatable bonds is 3. The molecular weight excluding hydrogens is 354 g/mol. The van der Waals surface area contributed by atoms with E-state index in [9.17, 15) is 4.79 Å². The molecule has 1 aliphatic heterocycles. The Bertz CT molecular complexity index is 956.